The Hall–Kier alpha value is -2.64. The van der Waals surface area contributed by atoms with Crippen LogP contribution in [0.2, 0.25) is 0 Å². The highest BCUT2D eigenvalue weighted by atomic mass is 32.2. The Balaban J connectivity index is 1.35. The molecule has 5 nitrogen and oxygen atoms in total. The fraction of sp³-hybridized carbons (Fsp3) is 0.320. The summed E-state index contributed by atoms with van der Waals surface area (Å²) in [5.41, 5.74) is 3.38. The molecule has 2 fully saturated rings. The van der Waals surface area contributed by atoms with Crippen LogP contribution in [-0.2, 0) is 9.59 Å². The van der Waals surface area contributed by atoms with Crippen molar-refractivity contribution < 1.29 is 9.59 Å². The van der Waals surface area contributed by atoms with E-state index >= 15 is 0 Å². The molecule has 2 heterocycles. The predicted molar refractivity (Wildman–Crippen MR) is 136 cm³/mol. The van der Waals surface area contributed by atoms with Gasteiger partial charge >= 0.3 is 0 Å². The number of para-hydroxylation sites is 1. The molecule has 0 atom stereocenters. The van der Waals surface area contributed by atoms with E-state index in [1.54, 1.807) is 0 Å². The third kappa shape index (κ3) is 5.05. The average molecular weight is 466 g/mol. The van der Waals surface area contributed by atoms with Gasteiger partial charge in [-0.2, -0.15) is 0 Å². The molecule has 0 N–H and O–H groups in total. The van der Waals surface area contributed by atoms with Gasteiger partial charge in [-0.3, -0.25) is 14.5 Å². The Morgan fingerprint density at radius 3 is 2.31 bits per heavy atom. The van der Waals surface area contributed by atoms with E-state index < -0.39 is 0 Å². The molecule has 4 rings (SSSR count). The maximum absolute atomic E-state index is 12.9. The number of thioether (sulfide) groups is 1. The van der Waals surface area contributed by atoms with Crippen molar-refractivity contribution in [2.45, 2.75) is 19.8 Å². The second-order valence-corrected chi connectivity index (χ2v) is 9.97. The predicted octanol–water partition coefficient (Wildman–Crippen LogP) is 4.36. The molecule has 2 aliphatic heterocycles. The normalized spacial score (nSPS) is 18.2. The largest absolute Gasteiger partial charge is 0.368 e. The number of carbonyl (C=O) groups excluding carboxylic acids is 2. The molecule has 0 radical (unpaired) electrons. The Labute approximate surface area is 199 Å². The molecule has 0 unspecified atom stereocenters. The van der Waals surface area contributed by atoms with Crippen molar-refractivity contribution in [1.29, 1.82) is 0 Å². The van der Waals surface area contributed by atoms with Crippen molar-refractivity contribution in [3.8, 4) is 0 Å². The molecule has 2 amide bonds. The monoisotopic (exact) mass is 465 g/mol. The number of amides is 2. The molecule has 166 valence electrons. The summed E-state index contributed by atoms with van der Waals surface area (Å²) in [6.07, 6.45) is 1.85. The van der Waals surface area contributed by atoms with Crippen LogP contribution in [0, 0.1) is 0 Å². The molecule has 32 heavy (non-hydrogen) atoms. The molecule has 0 bridgehead atoms. The van der Waals surface area contributed by atoms with Crippen LogP contribution in [0.15, 0.2) is 59.5 Å². The summed E-state index contributed by atoms with van der Waals surface area (Å²) in [5.74, 6) is 0.212. The molecule has 0 aromatic heterocycles. The summed E-state index contributed by atoms with van der Waals surface area (Å²) in [6.45, 7) is 7.14. The third-order valence-electron chi connectivity index (χ3n) is 5.82. The fourth-order valence-corrected chi connectivity index (χ4v) is 5.11. The molecule has 7 heteroatoms. The van der Waals surface area contributed by atoms with Gasteiger partial charge < -0.3 is 9.80 Å². The van der Waals surface area contributed by atoms with Crippen LogP contribution < -0.4 is 4.90 Å². The Morgan fingerprint density at radius 2 is 1.69 bits per heavy atom. The zero-order chi connectivity index (χ0) is 22.7. The summed E-state index contributed by atoms with van der Waals surface area (Å²) in [7, 11) is 0. The molecule has 0 spiro atoms. The van der Waals surface area contributed by atoms with Crippen LogP contribution >= 0.6 is 24.0 Å². The van der Waals surface area contributed by atoms with Gasteiger partial charge in [-0.25, -0.2) is 0 Å². The van der Waals surface area contributed by atoms with Crippen molar-refractivity contribution in [2.24, 2.45) is 0 Å². The highest BCUT2D eigenvalue weighted by Gasteiger charge is 2.35. The lowest BCUT2D eigenvalue weighted by atomic mass is 10.0. The van der Waals surface area contributed by atoms with Gasteiger partial charge in [-0.05, 0) is 35.3 Å². The zero-order valence-corrected chi connectivity index (χ0v) is 20.0. The zero-order valence-electron chi connectivity index (χ0n) is 18.4. The number of benzene rings is 2. The van der Waals surface area contributed by atoms with E-state index in [-0.39, 0.29) is 18.4 Å². The third-order valence-corrected chi connectivity index (χ3v) is 7.20. The number of thiocarbonyl (C=S) groups is 1. The van der Waals surface area contributed by atoms with E-state index in [0.717, 1.165) is 18.7 Å². The van der Waals surface area contributed by atoms with Crippen LogP contribution in [0.25, 0.3) is 6.08 Å². The van der Waals surface area contributed by atoms with Crippen molar-refractivity contribution in [3.63, 3.8) is 0 Å². The van der Waals surface area contributed by atoms with E-state index in [0.29, 0.717) is 28.2 Å². The van der Waals surface area contributed by atoms with Crippen LogP contribution in [0.1, 0.15) is 30.9 Å². The van der Waals surface area contributed by atoms with Crippen LogP contribution in [0.4, 0.5) is 5.69 Å². The van der Waals surface area contributed by atoms with Crippen molar-refractivity contribution in [3.05, 3.63) is 70.6 Å². The number of hydrogen-bond donors (Lipinski definition) is 0. The second kappa shape index (κ2) is 9.88. The smallest absolute Gasteiger partial charge is 0.266 e. The minimum absolute atomic E-state index is 0.000366. The molecule has 2 aliphatic rings. The number of rotatable bonds is 5. The number of piperazine rings is 1. The number of anilines is 1. The quantitative estimate of drug-likeness (QED) is 0.485. The standard InChI is InChI=1S/C25H27N3O2S2/c1-18(2)20-10-8-19(9-11-20)16-22-24(30)28(25(31)32-22)17-23(29)27-14-12-26(13-15-27)21-6-4-3-5-7-21/h3-11,16,18H,12-15,17H2,1-2H3/b22-16-. The molecular formula is C25H27N3O2S2. The summed E-state index contributed by atoms with van der Waals surface area (Å²) in [4.78, 5) is 31.9. The first-order valence-corrected chi connectivity index (χ1v) is 12.1. The summed E-state index contributed by atoms with van der Waals surface area (Å²) >= 11 is 6.68. The van der Waals surface area contributed by atoms with E-state index in [4.69, 9.17) is 12.2 Å². The van der Waals surface area contributed by atoms with Gasteiger partial charge in [0.1, 0.15) is 10.9 Å². The van der Waals surface area contributed by atoms with Crippen molar-refractivity contribution in [1.82, 2.24) is 9.80 Å². The topological polar surface area (TPSA) is 43.9 Å². The minimum Gasteiger partial charge on any atom is -0.368 e. The lowest BCUT2D eigenvalue weighted by molar-refractivity contribution is -0.135. The van der Waals surface area contributed by atoms with Crippen LogP contribution in [0.5, 0.6) is 0 Å². The molecule has 0 aliphatic carbocycles. The van der Waals surface area contributed by atoms with E-state index in [1.807, 2.05) is 41.3 Å². The summed E-state index contributed by atoms with van der Waals surface area (Å²) in [5, 5.41) is 0. The van der Waals surface area contributed by atoms with Gasteiger partial charge in [0.05, 0.1) is 4.91 Å². The lowest BCUT2D eigenvalue weighted by Crippen LogP contribution is -2.51. The van der Waals surface area contributed by atoms with Crippen molar-refractivity contribution >= 4 is 51.9 Å². The van der Waals surface area contributed by atoms with E-state index in [9.17, 15) is 9.59 Å². The Morgan fingerprint density at radius 1 is 1.03 bits per heavy atom. The number of carbonyl (C=O) groups is 2. The molecule has 2 aromatic rings. The van der Waals surface area contributed by atoms with Crippen molar-refractivity contribution in [2.75, 3.05) is 37.6 Å². The van der Waals surface area contributed by atoms with Gasteiger partial charge in [-0.15, -0.1) is 0 Å². The maximum atomic E-state index is 12.9. The highest BCUT2D eigenvalue weighted by molar-refractivity contribution is 8.26. The SMILES string of the molecule is CC(C)c1ccc(/C=C2\SC(=S)N(CC(=O)N3CCN(c4ccccc4)CC3)C2=O)cc1. The molecule has 2 saturated heterocycles. The summed E-state index contributed by atoms with van der Waals surface area (Å²) in [6, 6.07) is 18.4. The van der Waals surface area contributed by atoms with E-state index in [2.05, 4.69) is 43.0 Å². The molecule has 0 saturated carbocycles. The Kier molecular flexibility index (Phi) is 6.96. The van der Waals surface area contributed by atoms with Gasteiger partial charge in [-0.1, -0.05) is 80.3 Å². The van der Waals surface area contributed by atoms with Gasteiger partial charge in [0.2, 0.25) is 5.91 Å². The molecule has 2 aromatic carbocycles. The van der Waals surface area contributed by atoms with Crippen LogP contribution in [-0.4, -0.2) is 58.7 Å². The lowest BCUT2D eigenvalue weighted by Gasteiger charge is -2.36. The number of nitrogens with zero attached hydrogens (tertiary/aromatic N) is 3. The van der Waals surface area contributed by atoms with Gasteiger partial charge in [0.25, 0.3) is 5.91 Å². The molecular weight excluding hydrogens is 438 g/mol. The maximum Gasteiger partial charge on any atom is 0.266 e. The fourth-order valence-electron chi connectivity index (χ4n) is 3.85. The Bertz CT molecular complexity index is 1030. The second-order valence-electron chi connectivity index (χ2n) is 8.29. The average Bonchev–Trinajstić information content (AvgIpc) is 3.07. The first-order chi connectivity index (χ1) is 15.4. The van der Waals surface area contributed by atoms with Gasteiger partial charge in [0.15, 0.2) is 0 Å². The minimum atomic E-state index is -0.191. The number of hydrogen-bond acceptors (Lipinski definition) is 5. The highest BCUT2D eigenvalue weighted by Crippen LogP contribution is 2.32. The van der Waals surface area contributed by atoms with Gasteiger partial charge in [0, 0.05) is 31.9 Å². The first-order valence-electron chi connectivity index (χ1n) is 10.9. The summed E-state index contributed by atoms with van der Waals surface area (Å²) < 4.78 is 0.441. The van der Waals surface area contributed by atoms with E-state index in [1.165, 1.54) is 27.9 Å². The first kappa shape index (κ1) is 22.6. The van der Waals surface area contributed by atoms with Crippen LogP contribution in [0.3, 0.4) is 0 Å².